The number of nitrogens with one attached hydrogen (secondary N) is 1. The van der Waals surface area contributed by atoms with Crippen LogP contribution in [0.2, 0.25) is 0 Å². The number of fused-ring (bicyclic) bond motifs is 4. The van der Waals surface area contributed by atoms with Gasteiger partial charge in [0.25, 0.3) is 15.9 Å². The number of carbonyl (C=O) groups excluding carboxylic acids is 1. The number of ether oxygens (including phenoxy) is 1. The lowest BCUT2D eigenvalue weighted by Crippen LogP contribution is -2.44. The lowest BCUT2D eigenvalue weighted by atomic mass is 9.88. The third-order valence-electron chi connectivity index (χ3n) is 9.65. The first-order valence-electron chi connectivity index (χ1n) is 17.3. The SMILES string of the molecule is Cc1cccc(C)c1-c1cc2nc(n1)NS(=O)(=O)c1cccc(c1)C(=O)N(Cc1cncc(N(C)C3CCCC3)n1)[C@H](CCC(C)(C)C)CO2.[HH]. The maximum Gasteiger partial charge on any atom is 0.264 e. The molecule has 50 heavy (non-hydrogen) atoms. The van der Waals surface area contributed by atoms with Crippen LogP contribution in [0.1, 0.15) is 87.9 Å². The number of amides is 1. The number of carbonyl (C=O) groups is 1. The highest BCUT2D eigenvalue weighted by Gasteiger charge is 2.31. The first kappa shape index (κ1) is 35.3. The normalized spacial score (nSPS) is 18.0. The minimum Gasteiger partial charge on any atom is -0.475 e. The minimum absolute atomic E-state index is 0. The summed E-state index contributed by atoms with van der Waals surface area (Å²) >= 11 is 0. The second-order valence-corrected chi connectivity index (χ2v) is 16.4. The fourth-order valence-electron chi connectivity index (χ4n) is 6.80. The Hall–Kier alpha value is -4.58. The maximum absolute atomic E-state index is 14.6. The summed E-state index contributed by atoms with van der Waals surface area (Å²) in [6.07, 6.45) is 9.52. The van der Waals surface area contributed by atoms with Gasteiger partial charge in [0.1, 0.15) is 12.4 Å². The van der Waals surface area contributed by atoms with E-state index < -0.39 is 16.1 Å². The van der Waals surface area contributed by atoms with Crippen molar-refractivity contribution in [3.8, 4) is 17.1 Å². The van der Waals surface area contributed by atoms with E-state index in [1.807, 2.05) is 32.0 Å². The molecule has 0 unspecified atom stereocenters. The molecule has 0 spiro atoms. The van der Waals surface area contributed by atoms with Crippen LogP contribution in [0.15, 0.2) is 65.8 Å². The predicted octanol–water partition coefficient (Wildman–Crippen LogP) is 7.21. The Bertz CT molecular complexity index is 1960. The Morgan fingerprint density at radius 2 is 1.72 bits per heavy atom. The van der Waals surface area contributed by atoms with Gasteiger partial charge in [-0.1, -0.05) is 57.9 Å². The molecule has 0 saturated heterocycles. The van der Waals surface area contributed by atoms with Crippen molar-refractivity contribution in [1.29, 1.82) is 0 Å². The zero-order valence-electron chi connectivity index (χ0n) is 29.8. The summed E-state index contributed by atoms with van der Waals surface area (Å²) in [6.45, 7) is 10.7. The molecule has 4 aromatic rings. The number of aromatic nitrogens is 4. The summed E-state index contributed by atoms with van der Waals surface area (Å²) in [7, 11) is -2.12. The van der Waals surface area contributed by atoms with Crippen molar-refractivity contribution in [3.63, 3.8) is 0 Å². The average molecular weight is 700 g/mol. The Balaban J connectivity index is 0.00000504. The standard InChI is InChI=1S/C38H47N7O4S.H2/c1-25-11-9-12-26(2)35(25)32-20-34-42-37(41-32)43-50(47,48)31-16-10-13-27(19-31)36(46)45(30(24-49-34)17-18-38(3,4)5)23-28-21-39-22-33(40-28)44(6)29-14-7-8-15-29;/h9-13,16,19-22,29-30H,7-8,14-15,17-18,23-24H2,1-6H3,(H,41,42,43);1H/t30-;/m1./s1. The lowest BCUT2D eigenvalue weighted by molar-refractivity contribution is 0.0549. The Morgan fingerprint density at radius 1 is 1.00 bits per heavy atom. The first-order valence-corrected chi connectivity index (χ1v) is 18.8. The van der Waals surface area contributed by atoms with Crippen molar-refractivity contribution in [2.45, 2.75) is 96.7 Å². The van der Waals surface area contributed by atoms with Gasteiger partial charge in [-0.25, -0.2) is 23.1 Å². The van der Waals surface area contributed by atoms with Crippen LogP contribution in [0.3, 0.4) is 0 Å². The summed E-state index contributed by atoms with van der Waals surface area (Å²) in [5.74, 6) is 0.531. The molecule has 1 atom stereocenters. The molecule has 2 aromatic carbocycles. The molecule has 4 bridgehead atoms. The molecule has 11 nitrogen and oxygen atoms in total. The topological polar surface area (TPSA) is 131 Å². The van der Waals surface area contributed by atoms with Crippen molar-refractivity contribution in [2.75, 3.05) is 23.3 Å². The summed E-state index contributed by atoms with van der Waals surface area (Å²) in [5, 5.41) is 0. The molecule has 3 heterocycles. The lowest BCUT2D eigenvalue weighted by Gasteiger charge is -2.34. The van der Waals surface area contributed by atoms with Gasteiger partial charge in [0.05, 0.1) is 41.3 Å². The summed E-state index contributed by atoms with van der Waals surface area (Å²) in [5.41, 5.74) is 4.22. The highest BCUT2D eigenvalue weighted by molar-refractivity contribution is 7.92. The molecule has 1 N–H and O–H groups in total. The Morgan fingerprint density at radius 3 is 2.44 bits per heavy atom. The van der Waals surface area contributed by atoms with E-state index in [1.165, 1.54) is 25.0 Å². The molecule has 1 fully saturated rings. The number of nitrogens with zero attached hydrogens (tertiary/aromatic N) is 6. The third kappa shape index (κ3) is 8.07. The number of sulfonamides is 1. The highest BCUT2D eigenvalue weighted by atomic mass is 32.2. The number of benzene rings is 2. The van der Waals surface area contributed by atoms with Gasteiger partial charge in [-0.3, -0.25) is 9.78 Å². The minimum atomic E-state index is -4.17. The van der Waals surface area contributed by atoms with Crippen LogP contribution in [0.4, 0.5) is 11.8 Å². The van der Waals surface area contributed by atoms with Crippen LogP contribution in [-0.4, -0.2) is 64.9 Å². The summed E-state index contributed by atoms with van der Waals surface area (Å²) in [4.78, 5) is 37.1. The van der Waals surface area contributed by atoms with Gasteiger partial charge in [-0.2, -0.15) is 4.98 Å². The van der Waals surface area contributed by atoms with Gasteiger partial charge in [-0.15, -0.1) is 0 Å². The zero-order chi connectivity index (χ0) is 35.6. The number of rotatable bonds is 7. The predicted molar refractivity (Wildman–Crippen MR) is 197 cm³/mol. The van der Waals surface area contributed by atoms with Crippen LogP contribution < -0.4 is 14.4 Å². The van der Waals surface area contributed by atoms with Crippen molar-refractivity contribution < 1.29 is 19.4 Å². The van der Waals surface area contributed by atoms with Crippen molar-refractivity contribution >= 4 is 27.7 Å². The quantitative estimate of drug-likeness (QED) is 0.213. The van der Waals surface area contributed by atoms with E-state index in [4.69, 9.17) is 9.72 Å². The smallest absolute Gasteiger partial charge is 0.264 e. The fraction of sp³-hybridized carbons (Fsp3) is 0.447. The summed E-state index contributed by atoms with van der Waals surface area (Å²) < 4.78 is 36.5. The largest absolute Gasteiger partial charge is 0.475 e. The van der Waals surface area contributed by atoms with Gasteiger partial charge >= 0.3 is 0 Å². The molecule has 1 aliphatic heterocycles. The van der Waals surface area contributed by atoms with Gasteiger partial charge in [0.15, 0.2) is 0 Å². The van der Waals surface area contributed by atoms with E-state index in [9.17, 15) is 13.2 Å². The van der Waals surface area contributed by atoms with E-state index in [1.54, 1.807) is 35.5 Å². The van der Waals surface area contributed by atoms with Crippen LogP contribution >= 0.6 is 0 Å². The van der Waals surface area contributed by atoms with E-state index in [0.29, 0.717) is 23.9 Å². The molecular formula is C38H49N7O4S. The molecule has 1 saturated carbocycles. The first-order chi connectivity index (χ1) is 23.8. The average Bonchev–Trinajstić information content (AvgIpc) is 3.61. The van der Waals surface area contributed by atoms with Gasteiger partial charge in [0, 0.05) is 31.7 Å². The van der Waals surface area contributed by atoms with Crippen LogP contribution in [0, 0.1) is 19.3 Å². The van der Waals surface area contributed by atoms with Crippen LogP contribution in [0.5, 0.6) is 5.88 Å². The molecule has 2 aromatic heterocycles. The molecular weight excluding hydrogens is 651 g/mol. The van der Waals surface area contributed by atoms with E-state index >= 15 is 0 Å². The maximum atomic E-state index is 14.6. The van der Waals surface area contributed by atoms with Gasteiger partial charge < -0.3 is 14.5 Å². The zero-order valence-corrected chi connectivity index (χ0v) is 30.6. The Kier molecular flexibility index (Phi) is 10.1. The second kappa shape index (κ2) is 14.3. The third-order valence-corrected chi connectivity index (χ3v) is 11.0. The van der Waals surface area contributed by atoms with Crippen molar-refractivity contribution in [1.82, 2.24) is 24.8 Å². The number of hydrogen-bond acceptors (Lipinski definition) is 9. The molecule has 12 heteroatoms. The number of hydrogen-bond donors (Lipinski definition) is 1. The van der Waals surface area contributed by atoms with Crippen LogP contribution in [0.25, 0.3) is 11.3 Å². The number of aryl methyl sites for hydroxylation is 2. The molecule has 6 rings (SSSR count). The van der Waals surface area contributed by atoms with Crippen LogP contribution in [-0.2, 0) is 16.6 Å². The molecule has 1 aliphatic carbocycles. The van der Waals surface area contributed by atoms with Crippen molar-refractivity contribution in [2.24, 2.45) is 5.41 Å². The summed E-state index contributed by atoms with van der Waals surface area (Å²) in [6, 6.07) is 13.8. The highest BCUT2D eigenvalue weighted by Crippen LogP contribution is 2.32. The molecule has 266 valence electrons. The molecule has 2 aliphatic rings. The second-order valence-electron chi connectivity index (χ2n) is 14.7. The van der Waals surface area contributed by atoms with E-state index in [2.05, 4.69) is 52.4 Å². The van der Waals surface area contributed by atoms with E-state index in [-0.39, 0.29) is 48.2 Å². The van der Waals surface area contributed by atoms with Gasteiger partial charge in [0.2, 0.25) is 11.8 Å². The fourth-order valence-corrected chi connectivity index (χ4v) is 7.79. The Labute approximate surface area is 297 Å². The van der Waals surface area contributed by atoms with E-state index in [0.717, 1.165) is 41.8 Å². The monoisotopic (exact) mass is 699 g/mol. The molecule has 0 radical (unpaired) electrons. The molecule has 1 amide bonds. The van der Waals surface area contributed by atoms with Gasteiger partial charge in [-0.05, 0) is 74.3 Å². The van der Waals surface area contributed by atoms with Crippen molar-refractivity contribution in [3.05, 3.63) is 83.3 Å². The number of anilines is 2.